The molecule has 136 valence electrons. The van der Waals surface area contributed by atoms with E-state index in [4.69, 9.17) is 16.3 Å². The number of fused-ring (bicyclic) bond motifs is 1. The summed E-state index contributed by atoms with van der Waals surface area (Å²) in [7, 11) is -3.53. The predicted molar refractivity (Wildman–Crippen MR) is 98.6 cm³/mol. The fraction of sp³-hybridized carbons (Fsp3) is 0.222. The number of sulfonamides is 1. The second-order valence-electron chi connectivity index (χ2n) is 5.73. The van der Waals surface area contributed by atoms with Crippen LogP contribution in [0.1, 0.15) is 24.0 Å². The van der Waals surface area contributed by atoms with E-state index in [9.17, 15) is 13.2 Å². The van der Waals surface area contributed by atoms with Crippen molar-refractivity contribution in [3.05, 3.63) is 64.7 Å². The largest absolute Gasteiger partial charge is 0.461 e. The van der Waals surface area contributed by atoms with E-state index < -0.39 is 10.0 Å². The molecule has 0 atom stereocenters. The van der Waals surface area contributed by atoms with Gasteiger partial charge >= 0.3 is 5.97 Å². The van der Waals surface area contributed by atoms with Gasteiger partial charge in [0.15, 0.2) is 0 Å². The molecule has 26 heavy (non-hydrogen) atoms. The minimum Gasteiger partial charge on any atom is -0.461 e. The van der Waals surface area contributed by atoms with E-state index >= 15 is 0 Å². The number of hydrogen-bond donors (Lipinski definition) is 1. The molecular weight excluding hydrogens is 376 g/mol. The fourth-order valence-corrected chi connectivity index (χ4v) is 3.99. The third-order valence-corrected chi connectivity index (χ3v) is 5.39. The monoisotopic (exact) mass is 392 g/mol. The third-order valence-electron chi connectivity index (χ3n) is 3.76. The SMILES string of the molecule is O=C(CCCN=C1NS(=O)(=O)c2ccccc21)OCc1cccc(Cl)c1. The van der Waals surface area contributed by atoms with Crippen molar-refractivity contribution in [1.82, 2.24) is 4.72 Å². The van der Waals surface area contributed by atoms with Crippen LogP contribution in [0.2, 0.25) is 5.02 Å². The molecule has 0 spiro atoms. The van der Waals surface area contributed by atoms with Crippen LogP contribution in [-0.2, 0) is 26.2 Å². The van der Waals surface area contributed by atoms with Crippen LogP contribution in [0.15, 0.2) is 58.4 Å². The highest BCUT2D eigenvalue weighted by Crippen LogP contribution is 2.22. The van der Waals surface area contributed by atoms with Gasteiger partial charge in [-0.2, -0.15) is 0 Å². The molecule has 1 aliphatic rings. The van der Waals surface area contributed by atoms with E-state index in [-0.39, 0.29) is 23.9 Å². The third kappa shape index (κ3) is 4.42. The standard InChI is InChI=1S/C18H17ClN2O4S/c19-14-6-3-5-13(11-14)12-25-17(22)9-4-10-20-18-15-7-1-2-8-16(15)26(23,24)21-18/h1-3,5-8,11H,4,9-10,12H2,(H,20,21). The van der Waals surface area contributed by atoms with Crippen LogP contribution >= 0.6 is 11.6 Å². The van der Waals surface area contributed by atoms with E-state index in [1.54, 1.807) is 36.4 Å². The Kier molecular flexibility index (Phi) is 5.58. The van der Waals surface area contributed by atoms with Gasteiger partial charge < -0.3 is 4.74 Å². The number of nitrogens with zero attached hydrogens (tertiary/aromatic N) is 1. The van der Waals surface area contributed by atoms with Gasteiger partial charge in [-0.05, 0) is 36.2 Å². The molecule has 0 radical (unpaired) electrons. The molecule has 0 unspecified atom stereocenters. The number of carbonyl (C=O) groups excluding carboxylic acids is 1. The maximum absolute atomic E-state index is 12.0. The van der Waals surface area contributed by atoms with Gasteiger partial charge in [-0.25, -0.2) is 8.42 Å². The maximum Gasteiger partial charge on any atom is 0.306 e. The second kappa shape index (κ2) is 7.88. The lowest BCUT2D eigenvalue weighted by Gasteiger charge is -2.05. The van der Waals surface area contributed by atoms with Crippen LogP contribution in [0.4, 0.5) is 0 Å². The number of aliphatic imine (C=N–C) groups is 1. The number of carbonyl (C=O) groups is 1. The molecule has 0 fully saturated rings. The van der Waals surface area contributed by atoms with E-state index in [1.165, 1.54) is 6.07 Å². The highest BCUT2D eigenvalue weighted by Gasteiger charge is 2.29. The molecule has 0 aromatic heterocycles. The van der Waals surface area contributed by atoms with Gasteiger partial charge in [0.2, 0.25) is 0 Å². The first-order valence-corrected chi connectivity index (χ1v) is 9.88. The molecule has 2 aromatic rings. The number of hydrogen-bond acceptors (Lipinski definition) is 5. The number of esters is 1. The molecular formula is C18H17ClN2O4S. The Hall–Kier alpha value is -2.38. The van der Waals surface area contributed by atoms with E-state index in [0.717, 1.165) is 5.56 Å². The average molecular weight is 393 g/mol. The topological polar surface area (TPSA) is 84.8 Å². The molecule has 1 N–H and O–H groups in total. The number of ether oxygens (including phenoxy) is 1. The summed E-state index contributed by atoms with van der Waals surface area (Å²) in [6, 6.07) is 13.8. The molecule has 0 saturated heterocycles. The molecule has 6 nitrogen and oxygen atoms in total. The van der Waals surface area contributed by atoms with E-state index in [2.05, 4.69) is 9.71 Å². The number of halogens is 1. The van der Waals surface area contributed by atoms with E-state index in [1.807, 2.05) is 6.07 Å². The van der Waals surface area contributed by atoms with Crippen molar-refractivity contribution in [2.24, 2.45) is 4.99 Å². The quantitative estimate of drug-likeness (QED) is 0.605. The second-order valence-corrected chi connectivity index (χ2v) is 7.81. The van der Waals surface area contributed by atoms with Crippen LogP contribution in [0.25, 0.3) is 0 Å². The van der Waals surface area contributed by atoms with Crippen molar-refractivity contribution >= 4 is 33.4 Å². The van der Waals surface area contributed by atoms with Gasteiger partial charge in [0, 0.05) is 23.6 Å². The van der Waals surface area contributed by atoms with Crippen LogP contribution in [0.5, 0.6) is 0 Å². The van der Waals surface area contributed by atoms with Gasteiger partial charge in [0.1, 0.15) is 12.4 Å². The van der Waals surface area contributed by atoms with Crippen LogP contribution in [-0.4, -0.2) is 26.8 Å². The highest BCUT2D eigenvalue weighted by atomic mass is 35.5. The zero-order valence-corrected chi connectivity index (χ0v) is 15.4. The lowest BCUT2D eigenvalue weighted by Crippen LogP contribution is -2.22. The van der Waals surface area contributed by atoms with Gasteiger partial charge in [-0.15, -0.1) is 0 Å². The first-order chi connectivity index (χ1) is 12.5. The number of nitrogens with one attached hydrogen (secondary N) is 1. The normalized spacial score (nSPS) is 16.1. The predicted octanol–water partition coefficient (Wildman–Crippen LogP) is 2.90. The fourth-order valence-electron chi connectivity index (χ4n) is 2.53. The first kappa shape index (κ1) is 18.4. The molecule has 0 aliphatic carbocycles. The van der Waals surface area contributed by atoms with Gasteiger partial charge in [-0.1, -0.05) is 35.9 Å². The summed E-state index contributed by atoms with van der Waals surface area (Å²) in [6.45, 7) is 0.486. The number of amidine groups is 1. The van der Waals surface area contributed by atoms with Gasteiger partial charge in [-0.3, -0.25) is 14.5 Å². The van der Waals surface area contributed by atoms with Gasteiger partial charge in [0.25, 0.3) is 10.0 Å². The summed E-state index contributed by atoms with van der Waals surface area (Å²) in [5.41, 5.74) is 1.37. The summed E-state index contributed by atoms with van der Waals surface area (Å²) in [4.78, 5) is 16.3. The summed E-state index contributed by atoms with van der Waals surface area (Å²) < 4.78 is 31.6. The minimum absolute atomic E-state index is 0.168. The first-order valence-electron chi connectivity index (χ1n) is 8.02. The molecule has 0 saturated carbocycles. The smallest absolute Gasteiger partial charge is 0.306 e. The summed E-state index contributed by atoms with van der Waals surface area (Å²) in [6.07, 6.45) is 0.660. The molecule has 0 bridgehead atoms. The zero-order chi connectivity index (χ0) is 18.6. The van der Waals surface area contributed by atoms with Crippen molar-refractivity contribution in [1.29, 1.82) is 0 Å². The Labute approximate surface area is 156 Å². The summed E-state index contributed by atoms with van der Waals surface area (Å²) in [5, 5.41) is 0.591. The Morgan fingerprint density at radius 3 is 2.77 bits per heavy atom. The Bertz CT molecular complexity index is 957. The Morgan fingerprint density at radius 2 is 1.96 bits per heavy atom. The molecule has 1 aliphatic heterocycles. The lowest BCUT2D eigenvalue weighted by molar-refractivity contribution is -0.145. The van der Waals surface area contributed by atoms with Crippen molar-refractivity contribution < 1.29 is 17.9 Å². The zero-order valence-electron chi connectivity index (χ0n) is 13.8. The molecule has 3 rings (SSSR count). The van der Waals surface area contributed by atoms with Crippen LogP contribution < -0.4 is 4.72 Å². The van der Waals surface area contributed by atoms with E-state index in [0.29, 0.717) is 29.4 Å². The van der Waals surface area contributed by atoms with Crippen molar-refractivity contribution in [2.75, 3.05) is 6.54 Å². The van der Waals surface area contributed by atoms with Gasteiger partial charge in [0.05, 0.1) is 4.90 Å². The Morgan fingerprint density at radius 1 is 1.15 bits per heavy atom. The van der Waals surface area contributed by atoms with Crippen LogP contribution in [0.3, 0.4) is 0 Å². The molecule has 1 heterocycles. The minimum atomic E-state index is -3.53. The summed E-state index contributed by atoms with van der Waals surface area (Å²) >= 11 is 5.88. The van der Waals surface area contributed by atoms with Crippen molar-refractivity contribution in [2.45, 2.75) is 24.3 Å². The molecule has 8 heteroatoms. The Balaban J connectivity index is 1.48. The summed E-state index contributed by atoms with van der Waals surface area (Å²) in [5.74, 6) is -0.0227. The number of rotatable bonds is 6. The molecule has 2 aromatic carbocycles. The maximum atomic E-state index is 12.0. The van der Waals surface area contributed by atoms with Crippen molar-refractivity contribution in [3.8, 4) is 0 Å². The number of benzene rings is 2. The lowest BCUT2D eigenvalue weighted by atomic mass is 10.2. The van der Waals surface area contributed by atoms with Crippen LogP contribution in [0, 0.1) is 0 Å². The molecule has 0 amide bonds. The van der Waals surface area contributed by atoms with Crippen molar-refractivity contribution in [3.63, 3.8) is 0 Å². The highest BCUT2D eigenvalue weighted by molar-refractivity contribution is 7.90. The average Bonchev–Trinajstić information content (AvgIpc) is 2.88.